The van der Waals surface area contributed by atoms with E-state index in [-0.39, 0.29) is 12.5 Å². The molecular weight excluding hydrogens is 330 g/mol. The highest BCUT2D eigenvalue weighted by molar-refractivity contribution is 5.78. The minimum absolute atomic E-state index is 0.0848. The van der Waals surface area contributed by atoms with Gasteiger partial charge < -0.3 is 16.0 Å². The molecule has 3 aliphatic rings. The van der Waals surface area contributed by atoms with E-state index in [0.29, 0.717) is 0 Å². The smallest absolute Gasteiger partial charge is 0.236 e. The van der Waals surface area contributed by atoms with Crippen LogP contribution >= 0.6 is 0 Å². The van der Waals surface area contributed by atoms with Gasteiger partial charge in [0.2, 0.25) is 5.91 Å². The molecule has 3 saturated heterocycles. The highest BCUT2D eigenvalue weighted by Gasteiger charge is 2.22. The van der Waals surface area contributed by atoms with Gasteiger partial charge >= 0.3 is 0 Å². The van der Waals surface area contributed by atoms with Crippen LogP contribution < -0.4 is 11.1 Å². The van der Waals surface area contributed by atoms with Crippen molar-refractivity contribution in [3.05, 3.63) is 0 Å². The van der Waals surface area contributed by atoms with Crippen molar-refractivity contribution in [3.8, 4) is 0 Å². The molecule has 0 aromatic rings. The molecule has 8 heteroatoms. The van der Waals surface area contributed by atoms with Gasteiger partial charge in [-0.2, -0.15) is 0 Å². The van der Waals surface area contributed by atoms with Crippen LogP contribution in [0.2, 0.25) is 0 Å². The first-order valence-corrected chi connectivity index (χ1v) is 10.3. The van der Waals surface area contributed by atoms with Crippen molar-refractivity contribution in [3.63, 3.8) is 0 Å². The van der Waals surface area contributed by atoms with E-state index in [1.54, 1.807) is 0 Å². The zero-order chi connectivity index (χ0) is 18.2. The van der Waals surface area contributed by atoms with Crippen LogP contribution in [0.25, 0.3) is 0 Å². The Morgan fingerprint density at radius 2 is 1.04 bits per heavy atom. The number of hydrogen-bond donors (Lipinski definition) is 2. The van der Waals surface area contributed by atoms with Crippen LogP contribution in [0.4, 0.5) is 0 Å². The second-order valence-electron chi connectivity index (χ2n) is 7.70. The molecule has 3 N–H and O–H groups in total. The summed E-state index contributed by atoms with van der Waals surface area (Å²) in [5, 5.41) is 3.42. The summed E-state index contributed by atoms with van der Waals surface area (Å²) in [4.78, 5) is 23.8. The summed E-state index contributed by atoms with van der Waals surface area (Å²) in [5.41, 5.74) is 5.45. The van der Waals surface area contributed by atoms with Crippen LogP contribution in [-0.2, 0) is 4.79 Å². The SMILES string of the molecule is NCC(=O)N1CCN(CCN2CCN(CCN3CCNCC3)CC2)CC1. The van der Waals surface area contributed by atoms with Gasteiger partial charge in [-0.05, 0) is 0 Å². The second kappa shape index (κ2) is 10.5. The Labute approximate surface area is 158 Å². The molecule has 1 amide bonds. The number of carbonyl (C=O) groups is 1. The zero-order valence-electron chi connectivity index (χ0n) is 16.2. The van der Waals surface area contributed by atoms with E-state index in [1.165, 1.54) is 52.4 Å². The third-order valence-corrected chi connectivity index (χ3v) is 6.04. The molecule has 0 saturated carbocycles. The van der Waals surface area contributed by atoms with Crippen molar-refractivity contribution in [1.29, 1.82) is 0 Å². The Morgan fingerprint density at radius 3 is 1.46 bits per heavy atom. The number of rotatable bonds is 7. The maximum Gasteiger partial charge on any atom is 0.236 e. The van der Waals surface area contributed by atoms with E-state index in [9.17, 15) is 4.79 Å². The molecule has 0 aromatic carbocycles. The van der Waals surface area contributed by atoms with Gasteiger partial charge in [0.1, 0.15) is 0 Å². The molecule has 0 radical (unpaired) electrons. The lowest BCUT2D eigenvalue weighted by molar-refractivity contribution is -0.131. The molecule has 3 aliphatic heterocycles. The average Bonchev–Trinajstić information content (AvgIpc) is 2.72. The van der Waals surface area contributed by atoms with E-state index in [2.05, 4.69) is 24.9 Å². The molecule has 8 nitrogen and oxygen atoms in total. The topological polar surface area (TPSA) is 71.3 Å². The van der Waals surface area contributed by atoms with E-state index in [4.69, 9.17) is 5.73 Å². The average molecular weight is 368 g/mol. The standard InChI is InChI=1S/C18H37N7O/c19-17-18(26)25-15-13-24(14-16-25)12-11-23-9-7-22(8-10-23)6-5-21-3-1-20-2-4-21/h20H,1-17,19H2. The van der Waals surface area contributed by atoms with E-state index >= 15 is 0 Å². The Morgan fingerprint density at radius 1 is 0.654 bits per heavy atom. The molecule has 0 bridgehead atoms. The number of hydrogen-bond acceptors (Lipinski definition) is 7. The Balaban J connectivity index is 1.25. The molecule has 0 unspecified atom stereocenters. The van der Waals surface area contributed by atoms with Crippen LogP contribution in [0, 0.1) is 0 Å². The van der Waals surface area contributed by atoms with Gasteiger partial charge in [-0.15, -0.1) is 0 Å². The molecule has 26 heavy (non-hydrogen) atoms. The summed E-state index contributed by atoms with van der Waals surface area (Å²) in [6.45, 7) is 17.9. The summed E-state index contributed by atoms with van der Waals surface area (Å²) >= 11 is 0. The molecule has 0 spiro atoms. The quantitative estimate of drug-likeness (QED) is 0.520. The zero-order valence-corrected chi connectivity index (χ0v) is 16.2. The van der Waals surface area contributed by atoms with Crippen LogP contribution in [0.3, 0.4) is 0 Å². The van der Waals surface area contributed by atoms with Crippen molar-refractivity contribution in [1.82, 2.24) is 29.8 Å². The maximum atomic E-state index is 11.6. The van der Waals surface area contributed by atoms with Crippen LogP contribution in [0.5, 0.6) is 0 Å². The number of nitrogens with two attached hydrogens (primary N) is 1. The molecule has 0 atom stereocenters. The summed E-state index contributed by atoms with van der Waals surface area (Å²) in [6, 6.07) is 0. The first kappa shape index (κ1) is 20.0. The third-order valence-electron chi connectivity index (χ3n) is 6.04. The lowest BCUT2D eigenvalue weighted by atomic mass is 10.2. The van der Waals surface area contributed by atoms with Gasteiger partial charge in [-0.1, -0.05) is 0 Å². The van der Waals surface area contributed by atoms with Crippen molar-refractivity contribution < 1.29 is 4.79 Å². The second-order valence-corrected chi connectivity index (χ2v) is 7.70. The van der Waals surface area contributed by atoms with Gasteiger partial charge in [0, 0.05) is 105 Å². The molecule has 3 fully saturated rings. The Bertz CT molecular complexity index is 414. The van der Waals surface area contributed by atoms with Crippen molar-refractivity contribution in [2.24, 2.45) is 5.73 Å². The first-order chi connectivity index (χ1) is 12.7. The van der Waals surface area contributed by atoms with Crippen LogP contribution in [0.1, 0.15) is 0 Å². The molecule has 0 aromatic heterocycles. The first-order valence-electron chi connectivity index (χ1n) is 10.3. The van der Waals surface area contributed by atoms with Gasteiger partial charge in [-0.25, -0.2) is 0 Å². The van der Waals surface area contributed by atoms with Crippen molar-refractivity contribution in [2.75, 3.05) is 111 Å². The fraction of sp³-hybridized carbons (Fsp3) is 0.944. The lowest BCUT2D eigenvalue weighted by Crippen LogP contribution is -2.53. The van der Waals surface area contributed by atoms with Crippen molar-refractivity contribution in [2.45, 2.75) is 0 Å². The fourth-order valence-corrected chi connectivity index (χ4v) is 4.09. The summed E-state index contributed by atoms with van der Waals surface area (Å²) in [7, 11) is 0. The lowest BCUT2D eigenvalue weighted by Gasteiger charge is -2.38. The minimum Gasteiger partial charge on any atom is -0.339 e. The number of amides is 1. The normalized spacial score (nSPS) is 24.9. The van der Waals surface area contributed by atoms with Crippen LogP contribution in [-0.4, -0.2) is 142 Å². The maximum absolute atomic E-state index is 11.6. The van der Waals surface area contributed by atoms with Gasteiger partial charge in [0.25, 0.3) is 0 Å². The fourth-order valence-electron chi connectivity index (χ4n) is 4.09. The molecule has 0 aliphatic carbocycles. The summed E-state index contributed by atoms with van der Waals surface area (Å²) in [6.07, 6.45) is 0. The van der Waals surface area contributed by atoms with Gasteiger partial charge in [0.05, 0.1) is 6.54 Å². The summed E-state index contributed by atoms with van der Waals surface area (Å²) in [5.74, 6) is 0.0848. The Kier molecular flexibility index (Phi) is 8.09. The predicted octanol–water partition coefficient (Wildman–Crippen LogP) is -2.39. The third kappa shape index (κ3) is 6.14. The molecular formula is C18H37N7O. The van der Waals surface area contributed by atoms with Gasteiger partial charge in [-0.3, -0.25) is 24.4 Å². The highest BCUT2D eigenvalue weighted by Crippen LogP contribution is 2.05. The van der Waals surface area contributed by atoms with Crippen molar-refractivity contribution >= 4 is 5.91 Å². The monoisotopic (exact) mass is 367 g/mol. The summed E-state index contributed by atoms with van der Waals surface area (Å²) < 4.78 is 0. The molecule has 3 heterocycles. The van der Waals surface area contributed by atoms with E-state index in [0.717, 1.165) is 52.4 Å². The largest absolute Gasteiger partial charge is 0.339 e. The number of nitrogens with one attached hydrogen (secondary N) is 1. The molecule has 3 rings (SSSR count). The van der Waals surface area contributed by atoms with E-state index in [1.807, 2.05) is 4.90 Å². The van der Waals surface area contributed by atoms with E-state index < -0.39 is 0 Å². The Hall–Kier alpha value is -0.770. The van der Waals surface area contributed by atoms with Gasteiger partial charge in [0.15, 0.2) is 0 Å². The number of nitrogens with zero attached hydrogens (tertiary/aromatic N) is 5. The van der Waals surface area contributed by atoms with Crippen LogP contribution in [0.15, 0.2) is 0 Å². The highest BCUT2D eigenvalue weighted by atomic mass is 16.2. The minimum atomic E-state index is 0.0848. The number of piperazine rings is 3. The predicted molar refractivity (Wildman–Crippen MR) is 104 cm³/mol. The number of carbonyl (C=O) groups excluding carboxylic acids is 1. The molecule has 150 valence electrons.